The van der Waals surface area contributed by atoms with Crippen molar-refractivity contribution in [3.05, 3.63) is 109 Å². The van der Waals surface area contributed by atoms with Crippen molar-refractivity contribution in [2.75, 3.05) is 15.4 Å². The van der Waals surface area contributed by atoms with Crippen LogP contribution in [0.1, 0.15) is 0 Å². The molecule has 2 aromatic heterocycles. The third kappa shape index (κ3) is 5.20. The molecular formula is C26H20FN5O2S. The molecule has 9 heteroatoms. The summed E-state index contributed by atoms with van der Waals surface area (Å²) in [6.45, 7) is 0. The summed E-state index contributed by atoms with van der Waals surface area (Å²) in [5, 5.41) is 7.05. The third-order valence-corrected chi connectivity index (χ3v) is 6.65. The van der Waals surface area contributed by atoms with E-state index in [1.54, 1.807) is 67.1 Å². The van der Waals surface area contributed by atoms with Crippen LogP contribution in [-0.4, -0.2) is 18.4 Å². The molecule has 0 aliphatic heterocycles. The van der Waals surface area contributed by atoms with Crippen LogP contribution in [0.2, 0.25) is 0 Å². The molecule has 174 valence electrons. The molecule has 0 bridgehead atoms. The first-order chi connectivity index (χ1) is 17.0. The number of pyridine rings is 2. The van der Waals surface area contributed by atoms with Gasteiger partial charge < -0.3 is 10.6 Å². The topological polar surface area (TPSA) is 96.0 Å². The van der Waals surface area contributed by atoms with Crippen molar-refractivity contribution in [1.82, 2.24) is 9.97 Å². The first-order valence-corrected chi connectivity index (χ1v) is 12.2. The molecule has 5 rings (SSSR count). The summed E-state index contributed by atoms with van der Waals surface area (Å²) in [4.78, 5) is 8.33. The van der Waals surface area contributed by atoms with Crippen LogP contribution < -0.4 is 15.4 Å². The van der Waals surface area contributed by atoms with Gasteiger partial charge in [0.05, 0.1) is 10.4 Å². The van der Waals surface area contributed by atoms with Crippen LogP contribution in [0.4, 0.5) is 32.8 Å². The van der Waals surface area contributed by atoms with Crippen molar-refractivity contribution in [3.8, 4) is 0 Å². The predicted octanol–water partition coefficient (Wildman–Crippen LogP) is 6.06. The quantitative estimate of drug-likeness (QED) is 0.259. The van der Waals surface area contributed by atoms with Gasteiger partial charge in [-0.05, 0) is 84.9 Å². The van der Waals surface area contributed by atoms with Gasteiger partial charge in [-0.1, -0.05) is 0 Å². The number of hydrogen-bond donors (Lipinski definition) is 3. The van der Waals surface area contributed by atoms with Crippen LogP contribution in [0.3, 0.4) is 0 Å². The number of rotatable bonds is 7. The van der Waals surface area contributed by atoms with E-state index in [2.05, 4.69) is 25.3 Å². The molecule has 0 saturated carbocycles. The number of nitrogens with zero attached hydrogens (tertiary/aromatic N) is 2. The van der Waals surface area contributed by atoms with Crippen molar-refractivity contribution in [1.29, 1.82) is 0 Å². The number of hydrogen-bond acceptors (Lipinski definition) is 6. The van der Waals surface area contributed by atoms with E-state index >= 15 is 0 Å². The van der Waals surface area contributed by atoms with Crippen LogP contribution in [0.5, 0.6) is 0 Å². The first-order valence-electron chi connectivity index (χ1n) is 10.7. The van der Waals surface area contributed by atoms with Gasteiger partial charge in [0.2, 0.25) is 0 Å². The Bertz CT molecular complexity index is 1580. The summed E-state index contributed by atoms with van der Waals surface area (Å²) >= 11 is 0. The Morgan fingerprint density at radius 1 is 0.657 bits per heavy atom. The van der Waals surface area contributed by atoms with Gasteiger partial charge in [0.15, 0.2) is 0 Å². The summed E-state index contributed by atoms with van der Waals surface area (Å²) in [5.41, 5.74) is 4.13. The molecule has 0 unspecified atom stereocenters. The second-order valence-electron chi connectivity index (χ2n) is 7.71. The number of fused-ring (bicyclic) bond motifs is 1. The maximum Gasteiger partial charge on any atom is 0.261 e. The van der Waals surface area contributed by atoms with Crippen LogP contribution in [0.15, 0.2) is 108 Å². The van der Waals surface area contributed by atoms with E-state index in [0.717, 1.165) is 11.4 Å². The maximum absolute atomic E-state index is 13.7. The van der Waals surface area contributed by atoms with Gasteiger partial charge in [-0.25, -0.2) is 12.8 Å². The average molecular weight is 486 g/mol. The van der Waals surface area contributed by atoms with E-state index in [9.17, 15) is 12.8 Å². The standard InChI is InChI=1S/C26H20FN5O2S/c27-18-1-10-25-24(17-18)26(13-16-29-25)31-20-6-8-23(9-7-20)35(33,34)32-22-4-2-19(3-5-22)30-21-11-14-28-15-12-21/h1-17,32H,(H,28,30)(H,29,31). The van der Waals surface area contributed by atoms with Gasteiger partial charge in [-0.15, -0.1) is 0 Å². The zero-order valence-electron chi connectivity index (χ0n) is 18.3. The second-order valence-corrected chi connectivity index (χ2v) is 9.40. The van der Waals surface area contributed by atoms with Gasteiger partial charge >= 0.3 is 0 Å². The predicted molar refractivity (Wildman–Crippen MR) is 136 cm³/mol. The number of anilines is 5. The number of sulfonamides is 1. The summed E-state index contributed by atoms with van der Waals surface area (Å²) < 4.78 is 42.0. The molecule has 0 saturated heterocycles. The highest BCUT2D eigenvalue weighted by Gasteiger charge is 2.14. The van der Waals surface area contributed by atoms with Crippen molar-refractivity contribution in [2.45, 2.75) is 4.90 Å². The molecule has 0 amide bonds. The van der Waals surface area contributed by atoms with Crippen molar-refractivity contribution in [2.24, 2.45) is 0 Å². The lowest BCUT2D eigenvalue weighted by Crippen LogP contribution is -2.12. The fourth-order valence-corrected chi connectivity index (χ4v) is 4.60. The van der Waals surface area contributed by atoms with Gasteiger partial charge in [0.1, 0.15) is 5.82 Å². The third-order valence-electron chi connectivity index (χ3n) is 5.25. The fourth-order valence-electron chi connectivity index (χ4n) is 3.54. The highest BCUT2D eigenvalue weighted by Crippen LogP contribution is 2.27. The minimum atomic E-state index is -3.78. The SMILES string of the molecule is O=S(=O)(Nc1ccc(Nc2ccncc2)cc1)c1ccc(Nc2ccnc3ccc(F)cc23)cc1. The average Bonchev–Trinajstić information content (AvgIpc) is 2.86. The van der Waals surface area contributed by atoms with E-state index in [1.807, 2.05) is 12.1 Å². The minimum absolute atomic E-state index is 0.118. The Morgan fingerprint density at radius 2 is 1.29 bits per heavy atom. The summed E-state index contributed by atoms with van der Waals surface area (Å²) in [7, 11) is -3.78. The van der Waals surface area contributed by atoms with Gasteiger partial charge in [-0.3, -0.25) is 14.7 Å². The molecule has 0 fully saturated rings. The van der Waals surface area contributed by atoms with Crippen molar-refractivity contribution in [3.63, 3.8) is 0 Å². The summed E-state index contributed by atoms with van der Waals surface area (Å²) in [6.07, 6.45) is 5.00. The molecule has 0 aliphatic rings. The normalized spacial score (nSPS) is 11.2. The van der Waals surface area contributed by atoms with Gasteiger partial charge in [0.25, 0.3) is 10.0 Å². The smallest absolute Gasteiger partial charge is 0.261 e. The molecule has 0 radical (unpaired) electrons. The molecule has 3 aromatic carbocycles. The molecular weight excluding hydrogens is 465 g/mol. The Kier molecular flexibility index (Phi) is 5.99. The molecule has 2 heterocycles. The summed E-state index contributed by atoms with van der Waals surface area (Å²) in [6, 6.07) is 23.1. The highest BCUT2D eigenvalue weighted by atomic mass is 32.2. The van der Waals surface area contributed by atoms with Crippen LogP contribution in [-0.2, 0) is 10.0 Å². The summed E-state index contributed by atoms with van der Waals surface area (Å²) in [5.74, 6) is -0.359. The molecule has 0 aliphatic carbocycles. The van der Waals surface area contributed by atoms with Crippen LogP contribution in [0, 0.1) is 5.82 Å². The van der Waals surface area contributed by atoms with E-state index in [4.69, 9.17) is 0 Å². The number of halogens is 1. The number of nitrogens with one attached hydrogen (secondary N) is 3. The van der Waals surface area contributed by atoms with E-state index in [0.29, 0.717) is 28.0 Å². The molecule has 3 N–H and O–H groups in total. The van der Waals surface area contributed by atoms with E-state index in [-0.39, 0.29) is 10.7 Å². The molecule has 35 heavy (non-hydrogen) atoms. The number of aromatic nitrogens is 2. The Morgan fingerprint density at radius 3 is 2.03 bits per heavy atom. The Balaban J connectivity index is 1.28. The van der Waals surface area contributed by atoms with E-state index < -0.39 is 10.0 Å². The lowest BCUT2D eigenvalue weighted by molar-refractivity contribution is 0.601. The zero-order chi connectivity index (χ0) is 24.3. The molecule has 0 spiro atoms. The Labute approximate surface area is 201 Å². The monoisotopic (exact) mass is 485 g/mol. The molecule has 7 nitrogen and oxygen atoms in total. The minimum Gasteiger partial charge on any atom is -0.355 e. The van der Waals surface area contributed by atoms with Gasteiger partial charge in [0, 0.05) is 52.4 Å². The molecule has 0 atom stereocenters. The highest BCUT2D eigenvalue weighted by molar-refractivity contribution is 7.92. The van der Waals surface area contributed by atoms with Crippen LogP contribution >= 0.6 is 0 Å². The zero-order valence-corrected chi connectivity index (χ0v) is 19.1. The maximum atomic E-state index is 13.7. The first kappa shape index (κ1) is 22.3. The van der Waals surface area contributed by atoms with Crippen molar-refractivity contribution < 1.29 is 12.8 Å². The Hall–Kier alpha value is -4.50. The second kappa shape index (κ2) is 9.40. The van der Waals surface area contributed by atoms with Crippen molar-refractivity contribution >= 4 is 49.4 Å². The lowest BCUT2D eigenvalue weighted by Gasteiger charge is -2.12. The van der Waals surface area contributed by atoms with Crippen LogP contribution in [0.25, 0.3) is 10.9 Å². The fraction of sp³-hybridized carbons (Fsp3) is 0. The number of benzene rings is 3. The van der Waals surface area contributed by atoms with E-state index in [1.165, 1.54) is 24.3 Å². The largest absolute Gasteiger partial charge is 0.355 e. The molecule has 5 aromatic rings. The van der Waals surface area contributed by atoms with Gasteiger partial charge in [-0.2, -0.15) is 0 Å². The lowest BCUT2D eigenvalue weighted by atomic mass is 10.1.